The molecule has 2 unspecified atom stereocenters. The number of nitrogens with zero attached hydrogens (tertiary/aromatic N) is 2. The quantitative estimate of drug-likeness (QED) is 0.282. The highest BCUT2D eigenvalue weighted by atomic mass is 16.5. The number of unbranched alkanes of at least 4 members (excludes halogenated alkanes) is 1. The van der Waals surface area contributed by atoms with Crippen molar-refractivity contribution in [2.45, 2.75) is 91.0 Å². The summed E-state index contributed by atoms with van der Waals surface area (Å²) in [6.45, 7) is 11.4. The van der Waals surface area contributed by atoms with E-state index in [1.807, 2.05) is 66.7 Å². The van der Waals surface area contributed by atoms with Crippen LogP contribution in [-0.2, 0) is 16.6 Å². The van der Waals surface area contributed by atoms with Gasteiger partial charge in [0.05, 0.1) is 0 Å². The van der Waals surface area contributed by atoms with Gasteiger partial charge in [0, 0.05) is 17.5 Å². The van der Waals surface area contributed by atoms with E-state index in [1.165, 1.54) is 10.5 Å². The Morgan fingerprint density at radius 1 is 1.04 bits per heavy atom. The highest BCUT2D eigenvalue weighted by molar-refractivity contribution is 5.95. The van der Waals surface area contributed by atoms with E-state index in [0.29, 0.717) is 37.4 Å². The number of pyridine rings is 1. The molecule has 1 N–H and O–H groups in total. The number of carboxylic acids is 1. The Morgan fingerprint density at radius 2 is 1.71 bits per heavy atom. The minimum Gasteiger partial charge on any atom is -0.480 e. The number of amides is 1. The summed E-state index contributed by atoms with van der Waals surface area (Å²) in [7, 11) is 0. The molecule has 0 radical (unpaired) electrons. The van der Waals surface area contributed by atoms with E-state index >= 15 is 0 Å². The lowest BCUT2D eigenvalue weighted by Gasteiger charge is -2.21. The fraction of sp³-hybridized carbons (Fsp3) is 0.410. The summed E-state index contributed by atoms with van der Waals surface area (Å²) in [5.74, 6) is 0.680. The Balaban J connectivity index is 0.000000687. The monoisotopic (exact) mass is 608 g/mol. The number of carboxylic acid groups (broad SMARTS) is 1. The number of likely N-dealkylation sites (tertiary alicyclic amines) is 1. The summed E-state index contributed by atoms with van der Waals surface area (Å²) >= 11 is 0. The largest absolute Gasteiger partial charge is 0.480 e. The second kappa shape index (κ2) is 15.7. The predicted molar refractivity (Wildman–Crippen MR) is 181 cm³/mol. The van der Waals surface area contributed by atoms with E-state index in [4.69, 9.17) is 9.72 Å². The van der Waals surface area contributed by atoms with E-state index in [9.17, 15) is 14.7 Å². The topological polar surface area (TPSA) is 79.7 Å². The van der Waals surface area contributed by atoms with E-state index in [1.54, 1.807) is 0 Å². The van der Waals surface area contributed by atoms with Gasteiger partial charge in [-0.25, -0.2) is 9.78 Å². The van der Waals surface area contributed by atoms with Crippen LogP contribution in [0.15, 0.2) is 78.6 Å². The number of allylic oxidation sites excluding steroid dienone is 2. The van der Waals surface area contributed by atoms with Gasteiger partial charge in [0.1, 0.15) is 23.2 Å². The maximum atomic E-state index is 13.5. The summed E-state index contributed by atoms with van der Waals surface area (Å²) in [4.78, 5) is 31.6. The fourth-order valence-corrected chi connectivity index (χ4v) is 5.75. The predicted octanol–water partition coefficient (Wildman–Crippen LogP) is 7.05. The third-order valence-corrected chi connectivity index (χ3v) is 8.35. The number of benzene rings is 2. The normalized spacial score (nSPS) is 16.5. The van der Waals surface area contributed by atoms with Crippen molar-refractivity contribution in [1.29, 1.82) is 0 Å². The smallest absolute Gasteiger partial charge is 0.326 e. The van der Waals surface area contributed by atoms with Crippen molar-refractivity contribution in [2.75, 3.05) is 6.54 Å². The van der Waals surface area contributed by atoms with E-state index < -0.39 is 12.0 Å². The van der Waals surface area contributed by atoms with Crippen molar-refractivity contribution in [3.63, 3.8) is 0 Å². The van der Waals surface area contributed by atoms with Crippen LogP contribution in [0, 0.1) is 5.92 Å². The van der Waals surface area contributed by atoms with Crippen LogP contribution in [0.5, 0.6) is 5.75 Å². The van der Waals surface area contributed by atoms with E-state index in [-0.39, 0.29) is 11.3 Å². The molecule has 0 saturated carbocycles. The lowest BCUT2D eigenvalue weighted by atomic mass is 9.87. The van der Waals surface area contributed by atoms with Gasteiger partial charge in [-0.3, -0.25) is 4.79 Å². The van der Waals surface area contributed by atoms with E-state index in [2.05, 4.69) is 52.8 Å². The Hall–Kier alpha value is -4.19. The van der Waals surface area contributed by atoms with Gasteiger partial charge in [0.25, 0.3) is 5.91 Å². The first-order valence-electron chi connectivity index (χ1n) is 16.3. The Bertz CT molecular complexity index is 1560. The molecule has 2 aliphatic rings. The highest BCUT2D eigenvalue weighted by Gasteiger charge is 2.35. The summed E-state index contributed by atoms with van der Waals surface area (Å²) in [6.07, 6.45) is 12.1. The number of ether oxygens (including phenoxy) is 1. The number of aromatic nitrogens is 1. The zero-order valence-electron chi connectivity index (χ0n) is 27.5. The molecule has 2 heterocycles. The van der Waals surface area contributed by atoms with Crippen LogP contribution in [-0.4, -0.2) is 39.5 Å². The molecule has 6 nitrogen and oxygen atoms in total. The van der Waals surface area contributed by atoms with Crippen LogP contribution in [0.2, 0.25) is 0 Å². The van der Waals surface area contributed by atoms with E-state index in [0.717, 1.165) is 53.3 Å². The average molecular weight is 609 g/mol. The Morgan fingerprint density at radius 3 is 2.31 bits per heavy atom. The van der Waals surface area contributed by atoms with Crippen molar-refractivity contribution in [1.82, 2.24) is 9.88 Å². The van der Waals surface area contributed by atoms with Crippen molar-refractivity contribution >= 4 is 24.0 Å². The van der Waals surface area contributed by atoms with Gasteiger partial charge < -0.3 is 14.7 Å². The van der Waals surface area contributed by atoms with Crippen LogP contribution in [0.25, 0.3) is 12.2 Å². The molecule has 3 aromatic rings. The average Bonchev–Trinajstić information content (AvgIpc) is 3.43. The molecule has 2 aromatic carbocycles. The zero-order chi connectivity index (χ0) is 32.4. The molecule has 1 aromatic heterocycles. The molecule has 1 fully saturated rings. The van der Waals surface area contributed by atoms with Gasteiger partial charge in [-0.1, -0.05) is 108 Å². The summed E-state index contributed by atoms with van der Waals surface area (Å²) in [6, 6.07) is 21.3. The molecule has 1 aliphatic carbocycles. The summed E-state index contributed by atoms with van der Waals surface area (Å²) in [5.41, 5.74) is 2.51. The van der Waals surface area contributed by atoms with Gasteiger partial charge in [0.2, 0.25) is 0 Å². The minimum absolute atomic E-state index is 0.0733. The van der Waals surface area contributed by atoms with Crippen LogP contribution < -0.4 is 15.2 Å². The van der Waals surface area contributed by atoms with Crippen LogP contribution in [0.1, 0.15) is 94.9 Å². The van der Waals surface area contributed by atoms with Gasteiger partial charge >= 0.3 is 5.97 Å². The second-order valence-electron chi connectivity index (χ2n) is 13.1. The molecule has 2 atom stereocenters. The SMILES string of the molecule is CCCCC(C)Cc1nc(C(=O)N2CCCC2C(=O)O)cc2c1=CC(Oc1ccc(C(C)(C)C)cc1)=CCC=2.c1ccccc1. The molecule has 0 spiro atoms. The molecule has 45 heavy (non-hydrogen) atoms. The molecule has 1 saturated heterocycles. The first-order chi connectivity index (χ1) is 21.6. The standard InChI is InChI=1S/C33H42N2O4.C6H6/c1-6-7-10-22(2)19-28-27-21-26(39-25-16-14-24(15-17-25)33(3,4)5)12-8-11-23(27)20-29(34-28)31(36)35-18-9-13-30(35)32(37)38;1-2-4-6-5-3-1/h11-12,14-17,20-22,30H,6-10,13,18-19H2,1-5H3,(H,37,38);1-6H. The molecule has 1 aliphatic heterocycles. The second-order valence-corrected chi connectivity index (χ2v) is 13.1. The van der Waals surface area contributed by atoms with Crippen molar-refractivity contribution in [3.05, 3.63) is 106 Å². The highest BCUT2D eigenvalue weighted by Crippen LogP contribution is 2.25. The minimum atomic E-state index is -0.953. The van der Waals surface area contributed by atoms with Crippen LogP contribution in [0.4, 0.5) is 0 Å². The number of hydrogen-bond donors (Lipinski definition) is 1. The molecule has 6 heteroatoms. The lowest BCUT2D eigenvalue weighted by Crippen LogP contribution is -2.42. The molecule has 238 valence electrons. The fourth-order valence-electron chi connectivity index (χ4n) is 5.75. The van der Waals surface area contributed by atoms with Crippen LogP contribution in [0.3, 0.4) is 0 Å². The molecular formula is C39H48N2O4. The maximum Gasteiger partial charge on any atom is 0.326 e. The van der Waals surface area contributed by atoms with Crippen molar-refractivity contribution in [3.8, 4) is 5.75 Å². The third-order valence-electron chi connectivity index (χ3n) is 8.35. The van der Waals surface area contributed by atoms with Gasteiger partial charge in [-0.2, -0.15) is 0 Å². The molecular weight excluding hydrogens is 560 g/mol. The summed E-state index contributed by atoms with van der Waals surface area (Å²) in [5, 5.41) is 11.5. The van der Waals surface area contributed by atoms with Gasteiger partial charge in [0.15, 0.2) is 0 Å². The lowest BCUT2D eigenvalue weighted by molar-refractivity contribution is -0.141. The number of carbonyl (C=O) groups is 2. The molecule has 5 rings (SSSR count). The number of hydrogen-bond acceptors (Lipinski definition) is 4. The molecule has 0 bridgehead atoms. The first kappa shape index (κ1) is 33.7. The summed E-state index contributed by atoms with van der Waals surface area (Å²) < 4.78 is 6.30. The Kier molecular flexibility index (Phi) is 11.8. The maximum absolute atomic E-state index is 13.5. The zero-order valence-corrected chi connectivity index (χ0v) is 27.5. The Labute approximate surface area is 268 Å². The number of aliphatic carboxylic acids is 1. The third kappa shape index (κ3) is 9.40. The van der Waals surface area contributed by atoms with Crippen molar-refractivity contribution in [2.24, 2.45) is 5.92 Å². The van der Waals surface area contributed by atoms with Gasteiger partial charge in [-0.15, -0.1) is 0 Å². The molecule has 1 amide bonds. The number of rotatable bonds is 9. The number of carbonyl (C=O) groups excluding carboxylic acids is 1. The number of fused-ring (bicyclic) bond motifs is 1. The van der Waals surface area contributed by atoms with Crippen LogP contribution >= 0.6 is 0 Å². The first-order valence-corrected chi connectivity index (χ1v) is 16.3. The van der Waals surface area contributed by atoms with Gasteiger partial charge in [-0.05, 0) is 78.1 Å². The van der Waals surface area contributed by atoms with Crippen molar-refractivity contribution < 1.29 is 19.4 Å².